The van der Waals surface area contributed by atoms with E-state index in [-0.39, 0.29) is 6.10 Å². The van der Waals surface area contributed by atoms with Gasteiger partial charge in [0.1, 0.15) is 0 Å². The third-order valence-electron chi connectivity index (χ3n) is 2.98. The SMILES string of the molecule is CN(Cc1ccc(Br)cc1Cl)CC1CNCCO1. The molecule has 0 aliphatic carbocycles. The van der Waals surface area contributed by atoms with E-state index in [0.717, 1.165) is 47.8 Å². The lowest BCUT2D eigenvalue weighted by Gasteiger charge is -2.28. The van der Waals surface area contributed by atoms with E-state index in [1.807, 2.05) is 12.1 Å². The summed E-state index contributed by atoms with van der Waals surface area (Å²) < 4.78 is 6.70. The predicted molar refractivity (Wildman–Crippen MR) is 78.1 cm³/mol. The van der Waals surface area contributed by atoms with Crippen LogP contribution in [0.15, 0.2) is 22.7 Å². The average molecular weight is 334 g/mol. The van der Waals surface area contributed by atoms with E-state index in [1.54, 1.807) is 0 Å². The van der Waals surface area contributed by atoms with E-state index in [9.17, 15) is 0 Å². The summed E-state index contributed by atoms with van der Waals surface area (Å²) >= 11 is 9.63. The number of ether oxygens (including phenoxy) is 1. The Labute approximate surface area is 122 Å². The molecule has 1 aliphatic heterocycles. The lowest BCUT2D eigenvalue weighted by atomic mass is 10.2. The van der Waals surface area contributed by atoms with Crippen molar-refractivity contribution in [3.8, 4) is 0 Å². The number of benzene rings is 1. The molecule has 0 amide bonds. The molecule has 1 unspecified atom stereocenters. The van der Waals surface area contributed by atoms with Crippen molar-refractivity contribution in [1.29, 1.82) is 0 Å². The number of hydrogen-bond acceptors (Lipinski definition) is 3. The minimum absolute atomic E-state index is 0.276. The molecule has 0 radical (unpaired) electrons. The molecule has 1 aromatic carbocycles. The summed E-state index contributed by atoms with van der Waals surface area (Å²) in [6.07, 6.45) is 0.276. The molecule has 0 aromatic heterocycles. The Morgan fingerprint density at radius 1 is 1.56 bits per heavy atom. The van der Waals surface area contributed by atoms with Crippen molar-refractivity contribution in [2.75, 3.05) is 33.3 Å². The van der Waals surface area contributed by atoms with E-state index in [0.29, 0.717) is 0 Å². The summed E-state index contributed by atoms with van der Waals surface area (Å²) in [5.41, 5.74) is 1.14. The van der Waals surface area contributed by atoms with Gasteiger partial charge in [0.15, 0.2) is 0 Å². The minimum Gasteiger partial charge on any atom is -0.374 e. The quantitative estimate of drug-likeness (QED) is 0.916. The fraction of sp³-hybridized carbons (Fsp3) is 0.538. The molecule has 100 valence electrons. The Morgan fingerprint density at radius 2 is 2.39 bits per heavy atom. The van der Waals surface area contributed by atoms with Crippen LogP contribution < -0.4 is 5.32 Å². The molecule has 1 aromatic rings. The highest BCUT2D eigenvalue weighted by Crippen LogP contribution is 2.22. The van der Waals surface area contributed by atoms with Gasteiger partial charge in [-0.2, -0.15) is 0 Å². The van der Waals surface area contributed by atoms with E-state index in [2.05, 4.69) is 39.3 Å². The number of hydrogen-bond donors (Lipinski definition) is 1. The zero-order chi connectivity index (χ0) is 13.0. The summed E-state index contributed by atoms with van der Waals surface area (Å²) in [6, 6.07) is 6.01. The first-order valence-electron chi connectivity index (χ1n) is 6.10. The molecule has 3 nitrogen and oxygen atoms in total. The number of nitrogens with one attached hydrogen (secondary N) is 1. The lowest BCUT2D eigenvalue weighted by Crippen LogP contribution is -2.44. The monoisotopic (exact) mass is 332 g/mol. The second-order valence-electron chi connectivity index (χ2n) is 4.63. The highest BCUT2D eigenvalue weighted by molar-refractivity contribution is 9.10. The van der Waals surface area contributed by atoms with E-state index < -0.39 is 0 Å². The summed E-state index contributed by atoms with van der Waals surface area (Å²) in [6.45, 7) is 4.44. The van der Waals surface area contributed by atoms with Gasteiger partial charge in [0.05, 0.1) is 12.7 Å². The third kappa shape index (κ3) is 4.21. The van der Waals surface area contributed by atoms with Gasteiger partial charge in [-0.15, -0.1) is 0 Å². The first kappa shape index (κ1) is 14.3. The maximum atomic E-state index is 6.22. The minimum atomic E-state index is 0.276. The molecule has 1 fully saturated rings. The van der Waals surface area contributed by atoms with Crippen molar-refractivity contribution in [2.24, 2.45) is 0 Å². The number of likely N-dealkylation sites (N-methyl/N-ethyl adjacent to an activating group) is 1. The van der Waals surface area contributed by atoms with Crippen LogP contribution in [0.3, 0.4) is 0 Å². The molecule has 1 atom stereocenters. The second-order valence-corrected chi connectivity index (χ2v) is 5.95. The van der Waals surface area contributed by atoms with Crippen LogP contribution in [0.2, 0.25) is 5.02 Å². The highest BCUT2D eigenvalue weighted by Gasteiger charge is 2.16. The first-order valence-corrected chi connectivity index (χ1v) is 7.27. The van der Waals surface area contributed by atoms with E-state index in [4.69, 9.17) is 16.3 Å². The number of morpholine rings is 1. The Hall–Kier alpha value is -0.130. The maximum absolute atomic E-state index is 6.22. The Balaban J connectivity index is 1.87. The summed E-state index contributed by atoms with van der Waals surface area (Å²) in [7, 11) is 2.09. The number of rotatable bonds is 4. The molecule has 1 saturated heterocycles. The fourth-order valence-electron chi connectivity index (χ4n) is 2.09. The van der Waals surface area contributed by atoms with Gasteiger partial charge in [-0.05, 0) is 24.7 Å². The number of halogens is 2. The van der Waals surface area contributed by atoms with Gasteiger partial charge in [-0.25, -0.2) is 0 Å². The average Bonchev–Trinajstić information content (AvgIpc) is 2.34. The smallest absolute Gasteiger partial charge is 0.0826 e. The molecule has 2 rings (SSSR count). The summed E-state index contributed by atoms with van der Waals surface area (Å²) in [4.78, 5) is 2.24. The van der Waals surface area contributed by atoms with Gasteiger partial charge in [0, 0.05) is 35.7 Å². The molecular formula is C13H18BrClN2O. The standard InChI is InChI=1S/C13H18BrClN2O/c1-17(9-12-7-16-4-5-18-12)8-10-2-3-11(14)6-13(10)15/h2-3,6,12,16H,4-5,7-9H2,1H3. The van der Waals surface area contributed by atoms with Crippen LogP contribution in [-0.2, 0) is 11.3 Å². The van der Waals surface area contributed by atoms with Gasteiger partial charge >= 0.3 is 0 Å². The molecule has 0 saturated carbocycles. The van der Waals surface area contributed by atoms with E-state index >= 15 is 0 Å². The van der Waals surface area contributed by atoms with E-state index in [1.165, 1.54) is 0 Å². The Bertz CT molecular complexity index is 397. The molecule has 1 N–H and O–H groups in total. The summed E-state index contributed by atoms with van der Waals surface area (Å²) in [5.74, 6) is 0. The van der Waals surface area contributed by atoms with Crippen molar-refractivity contribution in [2.45, 2.75) is 12.6 Å². The van der Waals surface area contributed by atoms with Gasteiger partial charge in [-0.3, -0.25) is 4.90 Å². The van der Waals surface area contributed by atoms with Crippen LogP contribution >= 0.6 is 27.5 Å². The van der Waals surface area contributed by atoms with Crippen LogP contribution in [0.5, 0.6) is 0 Å². The van der Waals surface area contributed by atoms with Crippen LogP contribution in [0.25, 0.3) is 0 Å². The van der Waals surface area contributed by atoms with Gasteiger partial charge in [0.2, 0.25) is 0 Å². The fourth-order valence-corrected chi connectivity index (χ4v) is 2.82. The normalized spacial score (nSPS) is 20.3. The first-order chi connectivity index (χ1) is 8.65. The Morgan fingerprint density at radius 3 is 3.06 bits per heavy atom. The van der Waals surface area contributed by atoms with Crippen molar-refractivity contribution >= 4 is 27.5 Å². The van der Waals surface area contributed by atoms with Gasteiger partial charge in [0.25, 0.3) is 0 Å². The third-order valence-corrected chi connectivity index (χ3v) is 3.82. The molecule has 1 heterocycles. The maximum Gasteiger partial charge on any atom is 0.0826 e. The second kappa shape index (κ2) is 6.87. The van der Waals surface area contributed by atoms with Crippen molar-refractivity contribution in [3.63, 3.8) is 0 Å². The van der Waals surface area contributed by atoms with Gasteiger partial charge in [-0.1, -0.05) is 33.6 Å². The van der Waals surface area contributed by atoms with Crippen LogP contribution in [0, 0.1) is 0 Å². The molecule has 1 aliphatic rings. The summed E-state index contributed by atoms with van der Waals surface area (Å²) in [5, 5.41) is 4.14. The predicted octanol–water partition coefficient (Wildman–Crippen LogP) is 2.52. The van der Waals surface area contributed by atoms with Crippen LogP contribution in [-0.4, -0.2) is 44.3 Å². The van der Waals surface area contributed by atoms with Crippen LogP contribution in [0.1, 0.15) is 5.56 Å². The highest BCUT2D eigenvalue weighted by atomic mass is 79.9. The number of nitrogens with zero attached hydrogens (tertiary/aromatic N) is 1. The molecule has 18 heavy (non-hydrogen) atoms. The van der Waals surface area contributed by atoms with Crippen molar-refractivity contribution < 1.29 is 4.74 Å². The van der Waals surface area contributed by atoms with Crippen molar-refractivity contribution in [3.05, 3.63) is 33.3 Å². The van der Waals surface area contributed by atoms with Crippen LogP contribution in [0.4, 0.5) is 0 Å². The molecule has 0 bridgehead atoms. The molecule has 0 spiro atoms. The van der Waals surface area contributed by atoms with Gasteiger partial charge < -0.3 is 10.1 Å². The lowest BCUT2D eigenvalue weighted by molar-refractivity contribution is 0.00885. The molecule has 5 heteroatoms. The molecular weight excluding hydrogens is 316 g/mol. The zero-order valence-corrected chi connectivity index (χ0v) is 12.8. The Kier molecular flexibility index (Phi) is 5.45. The largest absolute Gasteiger partial charge is 0.374 e. The van der Waals surface area contributed by atoms with Crippen molar-refractivity contribution in [1.82, 2.24) is 10.2 Å². The zero-order valence-electron chi connectivity index (χ0n) is 10.5. The topological polar surface area (TPSA) is 24.5 Å².